The zero-order valence-corrected chi connectivity index (χ0v) is 16.1. The summed E-state index contributed by atoms with van der Waals surface area (Å²) in [4.78, 5) is 24.7. The number of amides is 1. The minimum Gasteiger partial charge on any atom is -0.462 e. The molecule has 3 aromatic rings. The summed E-state index contributed by atoms with van der Waals surface area (Å²) in [6, 6.07) is 13.1. The number of ether oxygens (including phenoxy) is 3. The van der Waals surface area contributed by atoms with Crippen LogP contribution in [0, 0.1) is 0 Å². The van der Waals surface area contributed by atoms with Crippen molar-refractivity contribution in [1.29, 1.82) is 0 Å². The van der Waals surface area contributed by atoms with Crippen molar-refractivity contribution in [2.45, 2.75) is 19.8 Å². The molecule has 1 aliphatic rings. The van der Waals surface area contributed by atoms with Gasteiger partial charge in [-0.15, -0.1) is 11.3 Å². The lowest BCUT2D eigenvalue weighted by atomic mass is 10.1. The summed E-state index contributed by atoms with van der Waals surface area (Å²) in [6.07, 6.45) is 0.964. The molecule has 6 nitrogen and oxygen atoms in total. The summed E-state index contributed by atoms with van der Waals surface area (Å²) in [5.74, 6) is 1.06. The number of aryl methyl sites for hydroxylation is 1. The zero-order chi connectivity index (χ0) is 19.5. The predicted molar refractivity (Wildman–Crippen MR) is 107 cm³/mol. The highest BCUT2D eigenvalue weighted by molar-refractivity contribution is 7.20. The lowest BCUT2D eigenvalue weighted by Crippen LogP contribution is -2.12. The van der Waals surface area contributed by atoms with E-state index in [4.69, 9.17) is 14.2 Å². The van der Waals surface area contributed by atoms with E-state index in [1.165, 1.54) is 11.3 Å². The number of thiophene rings is 1. The maximum atomic E-state index is 12.3. The largest absolute Gasteiger partial charge is 0.462 e. The molecule has 0 spiro atoms. The number of rotatable bonds is 6. The fourth-order valence-corrected chi connectivity index (χ4v) is 3.94. The number of nitrogens with one attached hydrogen (secondary N) is 1. The van der Waals surface area contributed by atoms with E-state index in [2.05, 4.69) is 5.32 Å². The van der Waals surface area contributed by atoms with Gasteiger partial charge in [-0.3, -0.25) is 4.79 Å². The smallest absolute Gasteiger partial charge is 0.348 e. The first-order valence-electron chi connectivity index (χ1n) is 9.01. The van der Waals surface area contributed by atoms with Crippen LogP contribution in [0.4, 0.5) is 5.69 Å². The molecule has 0 saturated heterocycles. The van der Waals surface area contributed by atoms with Gasteiger partial charge in [0.2, 0.25) is 12.7 Å². The molecule has 0 radical (unpaired) electrons. The highest BCUT2D eigenvalue weighted by atomic mass is 32.1. The van der Waals surface area contributed by atoms with E-state index in [1.54, 1.807) is 13.0 Å². The van der Waals surface area contributed by atoms with E-state index >= 15 is 0 Å². The Bertz CT molecular complexity index is 1040. The first-order chi connectivity index (χ1) is 13.6. The van der Waals surface area contributed by atoms with Gasteiger partial charge in [0.1, 0.15) is 4.88 Å². The number of carbonyl (C=O) groups is 2. The van der Waals surface area contributed by atoms with Gasteiger partial charge in [-0.1, -0.05) is 6.07 Å². The van der Waals surface area contributed by atoms with Gasteiger partial charge in [0.05, 0.1) is 6.61 Å². The number of fused-ring (bicyclic) bond motifs is 2. The number of anilines is 1. The molecule has 2 aromatic carbocycles. The molecule has 28 heavy (non-hydrogen) atoms. The molecule has 0 saturated carbocycles. The first kappa shape index (κ1) is 18.3. The molecule has 0 unspecified atom stereocenters. The average Bonchev–Trinajstić information content (AvgIpc) is 3.32. The Kier molecular flexibility index (Phi) is 5.16. The summed E-state index contributed by atoms with van der Waals surface area (Å²) >= 11 is 1.38. The summed E-state index contributed by atoms with van der Waals surface area (Å²) in [5, 5.41) is 3.82. The molecular formula is C21H19NO5S. The van der Waals surface area contributed by atoms with Gasteiger partial charge in [-0.05, 0) is 60.7 Å². The van der Waals surface area contributed by atoms with Crippen LogP contribution >= 0.6 is 11.3 Å². The molecule has 4 rings (SSSR count). The predicted octanol–water partition coefficient (Wildman–Crippen LogP) is 4.38. The third kappa shape index (κ3) is 3.94. The van der Waals surface area contributed by atoms with Crippen LogP contribution in [0.3, 0.4) is 0 Å². The average molecular weight is 397 g/mol. The number of hydrogen-bond donors (Lipinski definition) is 1. The van der Waals surface area contributed by atoms with Crippen LogP contribution in [-0.2, 0) is 16.0 Å². The van der Waals surface area contributed by atoms with Crippen molar-refractivity contribution >= 4 is 39.0 Å². The molecule has 1 aliphatic heterocycles. The highest BCUT2D eigenvalue weighted by Gasteiger charge is 2.14. The van der Waals surface area contributed by atoms with Gasteiger partial charge in [0, 0.05) is 16.8 Å². The molecule has 1 N–H and O–H groups in total. The van der Waals surface area contributed by atoms with Gasteiger partial charge in [-0.2, -0.15) is 0 Å². The fraction of sp³-hybridized carbons (Fsp3) is 0.238. The van der Waals surface area contributed by atoms with E-state index in [0.717, 1.165) is 27.1 Å². The van der Waals surface area contributed by atoms with Crippen LogP contribution < -0.4 is 14.8 Å². The second-order valence-electron chi connectivity index (χ2n) is 6.32. The topological polar surface area (TPSA) is 73.9 Å². The van der Waals surface area contributed by atoms with Crippen molar-refractivity contribution in [2.75, 3.05) is 18.7 Å². The van der Waals surface area contributed by atoms with Crippen molar-refractivity contribution in [3.8, 4) is 11.5 Å². The molecule has 0 atom stereocenters. The standard InChI is InChI=1S/C21H19NO5S/c1-2-25-21(24)19-11-14-10-15(5-7-18(14)28-19)22-20(23)8-4-13-3-6-16-17(9-13)27-12-26-16/h3,5-7,9-11H,2,4,8,12H2,1H3,(H,22,23). The second-order valence-corrected chi connectivity index (χ2v) is 7.40. The van der Waals surface area contributed by atoms with E-state index in [9.17, 15) is 9.59 Å². The normalized spacial score (nSPS) is 12.2. The number of benzene rings is 2. The summed E-state index contributed by atoms with van der Waals surface area (Å²) < 4.78 is 16.7. The van der Waals surface area contributed by atoms with Crippen LogP contribution in [0.5, 0.6) is 11.5 Å². The van der Waals surface area contributed by atoms with E-state index in [-0.39, 0.29) is 18.7 Å². The van der Waals surface area contributed by atoms with Crippen LogP contribution in [0.25, 0.3) is 10.1 Å². The molecule has 0 bridgehead atoms. The first-order valence-corrected chi connectivity index (χ1v) is 9.83. The molecule has 144 valence electrons. The Morgan fingerprint density at radius 3 is 2.82 bits per heavy atom. The third-order valence-corrected chi connectivity index (χ3v) is 5.45. The lowest BCUT2D eigenvalue weighted by Gasteiger charge is -2.06. The second kappa shape index (κ2) is 7.90. The van der Waals surface area contributed by atoms with Gasteiger partial charge in [0.25, 0.3) is 0 Å². The molecular weight excluding hydrogens is 378 g/mol. The van der Waals surface area contributed by atoms with Crippen LogP contribution in [0.15, 0.2) is 42.5 Å². The highest BCUT2D eigenvalue weighted by Crippen LogP contribution is 2.33. The Hall–Kier alpha value is -3.06. The van der Waals surface area contributed by atoms with Gasteiger partial charge >= 0.3 is 5.97 Å². The Labute approximate surface area is 166 Å². The Balaban J connectivity index is 1.38. The van der Waals surface area contributed by atoms with Gasteiger partial charge in [-0.25, -0.2) is 4.79 Å². The fourth-order valence-electron chi connectivity index (χ4n) is 3.00. The van der Waals surface area contributed by atoms with Crippen LogP contribution in [0.1, 0.15) is 28.6 Å². The zero-order valence-electron chi connectivity index (χ0n) is 15.3. The molecule has 1 aromatic heterocycles. The maximum Gasteiger partial charge on any atom is 0.348 e. The van der Waals surface area contributed by atoms with Crippen molar-refractivity contribution in [3.63, 3.8) is 0 Å². The SMILES string of the molecule is CCOC(=O)c1cc2cc(NC(=O)CCc3ccc4c(c3)OCO4)ccc2s1. The van der Waals surface area contributed by atoms with Crippen molar-refractivity contribution < 1.29 is 23.8 Å². The van der Waals surface area contributed by atoms with E-state index in [1.807, 2.05) is 36.4 Å². The number of esters is 1. The number of hydrogen-bond acceptors (Lipinski definition) is 6. The minimum absolute atomic E-state index is 0.0714. The molecule has 0 aliphatic carbocycles. The van der Waals surface area contributed by atoms with Gasteiger partial charge < -0.3 is 19.5 Å². The maximum absolute atomic E-state index is 12.3. The molecule has 2 heterocycles. The lowest BCUT2D eigenvalue weighted by molar-refractivity contribution is -0.116. The molecule has 0 fully saturated rings. The van der Waals surface area contributed by atoms with E-state index < -0.39 is 0 Å². The van der Waals surface area contributed by atoms with Crippen LogP contribution in [-0.4, -0.2) is 25.3 Å². The summed E-state index contributed by atoms with van der Waals surface area (Å²) in [7, 11) is 0. The Morgan fingerprint density at radius 2 is 1.96 bits per heavy atom. The quantitative estimate of drug-likeness (QED) is 0.625. The third-order valence-electron chi connectivity index (χ3n) is 4.35. The van der Waals surface area contributed by atoms with Crippen molar-refractivity contribution in [3.05, 3.63) is 52.9 Å². The van der Waals surface area contributed by atoms with Crippen LogP contribution in [0.2, 0.25) is 0 Å². The number of carbonyl (C=O) groups excluding carboxylic acids is 2. The monoisotopic (exact) mass is 397 g/mol. The van der Waals surface area contributed by atoms with Crippen molar-refractivity contribution in [1.82, 2.24) is 0 Å². The minimum atomic E-state index is -0.321. The summed E-state index contributed by atoms with van der Waals surface area (Å²) in [6.45, 7) is 2.36. The van der Waals surface area contributed by atoms with Crippen molar-refractivity contribution in [2.24, 2.45) is 0 Å². The molecule has 1 amide bonds. The Morgan fingerprint density at radius 1 is 1.11 bits per heavy atom. The summed E-state index contributed by atoms with van der Waals surface area (Å²) in [5.41, 5.74) is 1.73. The van der Waals surface area contributed by atoms with E-state index in [0.29, 0.717) is 30.0 Å². The van der Waals surface area contributed by atoms with Gasteiger partial charge in [0.15, 0.2) is 11.5 Å². The molecule has 7 heteroatoms.